The lowest BCUT2D eigenvalue weighted by Crippen LogP contribution is -2.62. The predicted molar refractivity (Wildman–Crippen MR) is 161 cm³/mol. The molecule has 3 aliphatic rings. The van der Waals surface area contributed by atoms with Crippen molar-refractivity contribution >= 4 is 23.6 Å². The van der Waals surface area contributed by atoms with Crippen LogP contribution in [0.5, 0.6) is 5.75 Å². The maximum atomic E-state index is 13.7. The lowest BCUT2D eigenvalue weighted by atomic mass is 9.80. The smallest absolute Gasteiger partial charge is 0.255 e. The fourth-order valence-corrected chi connectivity index (χ4v) is 6.14. The van der Waals surface area contributed by atoms with Crippen LogP contribution in [0.1, 0.15) is 94.8 Å². The molecule has 0 radical (unpaired) electrons. The van der Waals surface area contributed by atoms with Gasteiger partial charge in [-0.3, -0.25) is 19.2 Å². The number of benzene rings is 1. The summed E-state index contributed by atoms with van der Waals surface area (Å²) in [5, 5.41) is 12.0. The summed E-state index contributed by atoms with van der Waals surface area (Å²) in [5.74, 6) is -0.803. The van der Waals surface area contributed by atoms with E-state index >= 15 is 0 Å². The summed E-state index contributed by atoms with van der Waals surface area (Å²) in [7, 11) is 0. The first-order chi connectivity index (χ1) is 20.3. The van der Waals surface area contributed by atoms with E-state index in [4.69, 9.17) is 4.74 Å². The van der Waals surface area contributed by atoms with E-state index in [2.05, 4.69) is 26.2 Å². The molecule has 1 aromatic rings. The van der Waals surface area contributed by atoms with E-state index < -0.39 is 17.5 Å². The van der Waals surface area contributed by atoms with Crippen LogP contribution in [-0.4, -0.2) is 78.9 Å². The minimum absolute atomic E-state index is 0.00805. The molecular formula is C32H49N5O5. The lowest BCUT2D eigenvalue weighted by Gasteiger charge is -2.38. The van der Waals surface area contributed by atoms with Crippen molar-refractivity contribution in [3.05, 3.63) is 29.8 Å². The average Bonchev–Trinajstić information content (AvgIpc) is 3.50. The highest BCUT2D eigenvalue weighted by Gasteiger charge is 2.42. The highest BCUT2D eigenvalue weighted by Crippen LogP contribution is 2.29. The minimum atomic E-state index is -0.989. The summed E-state index contributed by atoms with van der Waals surface area (Å²) >= 11 is 0. The molecule has 2 atom stereocenters. The fourth-order valence-electron chi connectivity index (χ4n) is 6.14. The summed E-state index contributed by atoms with van der Waals surface area (Å²) < 4.78 is 6.12. The Morgan fingerprint density at radius 2 is 1.76 bits per heavy atom. The van der Waals surface area contributed by atoms with Crippen LogP contribution >= 0.6 is 0 Å². The molecule has 10 heteroatoms. The number of unbranched alkanes of at least 4 members (excludes halogenated alkanes) is 1. The van der Waals surface area contributed by atoms with Gasteiger partial charge < -0.3 is 30.9 Å². The zero-order valence-corrected chi connectivity index (χ0v) is 25.3. The Morgan fingerprint density at radius 1 is 1.02 bits per heavy atom. The second-order valence-corrected chi connectivity index (χ2v) is 12.4. The quantitative estimate of drug-likeness (QED) is 0.366. The predicted octanol–water partition coefficient (Wildman–Crippen LogP) is 2.91. The Hall–Kier alpha value is -3.14. The number of nitrogens with one attached hydrogen (secondary N) is 4. The number of ether oxygens (including phenoxy) is 1. The van der Waals surface area contributed by atoms with Gasteiger partial charge in [-0.1, -0.05) is 45.2 Å². The monoisotopic (exact) mass is 583 g/mol. The summed E-state index contributed by atoms with van der Waals surface area (Å²) in [4.78, 5) is 56.1. The zero-order valence-electron chi connectivity index (χ0n) is 25.3. The summed E-state index contributed by atoms with van der Waals surface area (Å²) in [6.07, 6.45) is 8.32. The van der Waals surface area contributed by atoms with Gasteiger partial charge in [0.1, 0.15) is 23.9 Å². The first-order valence-corrected chi connectivity index (χ1v) is 15.9. The molecule has 232 valence electrons. The van der Waals surface area contributed by atoms with E-state index in [1.54, 1.807) is 24.3 Å². The van der Waals surface area contributed by atoms with Gasteiger partial charge in [-0.25, -0.2) is 0 Å². The molecule has 1 aromatic carbocycles. The molecule has 10 nitrogen and oxygen atoms in total. The maximum Gasteiger partial charge on any atom is 0.255 e. The molecule has 2 aliphatic heterocycles. The van der Waals surface area contributed by atoms with Crippen molar-refractivity contribution in [2.24, 2.45) is 5.92 Å². The first-order valence-electron chi connectivity index (χ1n) is 15.9. The van der Waals surface area contributed by atoms with Crippen molar-refractivity contribution in [3.63, 3.8) is 0 Å². The normalized spacial score (nSPS) is 24.0. The van der Waals surface area contributed by atoms with Crippen LogP contribution in [0.25, 0.3) is 0 Å². The average molecular weight is 584 g/mol. The van der Waals surface area contributed by atoms with Crippen LogP contribution in [-0.2, 0) is 14.4 Å². The maximum absolute atomic E-state index is 13.7. The molecule has 0 bridgehead atoms. The molecule has 0 aromatic heterocycles. The number of fused-ring (bicyclic) bond motifs is 1. The van der Waals surface area contributed by atoms with Gasteiger partial charge in [0.2, 0.25) is 17.7 Å². The number of likely N-dealkylation sites (tertiary alicyclic amines) is 1. The minimum Gasteiger partial charge on any atom is -0.491 e. The highest BCUT2D eigenvalue weighted by atomic mass is 16.5. The van der Waals surface area contributed by atoms with Crippen LogP contribution < -0.4 is 26.0 Å². The van der Waals surface area contributed by atoms with Crippen molar-refractivity contribution in [3.8, 4) is 5.75 Å². The van der Waals surface area contributed by atoms with Gasteiger partial charge in [0, 0.05) is 13.0 Å². The van der Waals surface area contributed by atoms with Gasteiger partial charge in [0.25, 0.3) is 5.91 Å². The van der Waals surface area contributed by atoms with E-state index in [9.17, 15) is 19.2 Å². The van der Waals surface area contributed by atoms with Crippen LogP contribution in [0.15, 0.2) is 24.3 Å². The highest BCUT2D eigenvalue weighted by molar-refractivity contribution is 6.00. The van der Waals surface area contributed by atoms with Crippen molar-refractivity contribution in [2.45, 2.75) is 102 Å². The molecule has 2 fully saturated rings. The molecule has 1 aliphatic carbocycles. The molecule has 0 unspecified atom stereocenters. The number of carbonyl (C=O) groups excluding carboxylic acids is 4. The molecule has 42 heavy (non-hydrogen) atoms. The standard InChI is InChI=1S/C32H49N5O5/c1-23(2)26-22-42-27-13-5-4-12-24(27)29(39)34-25(30(40)33-18-8-9-19-37-20-10-11-21-37)14-15-28(38)36-32(31(41)35-26)16-6-3-7-17-32/h4-5,12-13,23,25-26H,3,6-11,14-22H2,1-2H3,(H,33,40)(H,34,39)(H,35,41)(H,36,38)/t25-,26-/m0/s1. The number of hydrogen-bond acceptors (Lipinski definition) is 6. The van der Waals surface area contributed by atoms with Crippen molar-refractivity contribution < 1.29 is 23.9 Å². The summed E-state index contributed by atoms with van der Waals surface area (Å²) in [6.45, 7) is 8.00. The third-order valence-electron chi connectivity index (χ3n) is 8.87. The molecule has 4 rings (SSSR count). The molecule has 1 spiro atoms. The van der Waals surface area contributed by atoms with Crippen LogP contribution in [0.3, 0.4) is 0 Å². The van der Waals surface area contributed by atoms with Crippen LogP contribution in [0.2, 0.25) is 0 Å². The molecule has 1 saturated heterocycles. The second kappa shape index (κ2) is 15.4. The summed E-state index contributed by atoms with van der Waals surface area (Å²) in [5.41, 5.74) is -0.686. The first kappa shape index (κ1) is 31.8. The van der Waals surface area contributed by atoms with Gasteiger partial charge in [-0.2, -0.15) is 0 Å². The van der Waals surface area contributed by atoms with E-state index in [1.807, 2.05) is 13.8 Å². The molecular weight excluding hydrogens is 534 g/mol. The summed E-state index contributed by atoms with van der Waals surface area (Å²) in [6, 6.07) is 5.68. The Morgan fingerprint density at radius 3 is 2.50 bits per heavy atom. The van der Waals surface area contributed by atoms with Gasteiger partial charge in [-0.05, 0) is 82.6 Å². The Balaban J connectivity index is 1.50. The molecule has 4 N–H and O–H groups in total. The third kappa shape index (κ3) is 8.69. The number of para-hydroxylation sites is 1. The Labute approximate surface area is 250 Å². The number of carbonyl (C=O) groups is 4. The number of nitrogens with zero attached hydrogens (tertiary/aromatic N) is 1. The third-order valence-corrected chi connectivity index (χ3v) is 8.87. The SMILES string of the molecule is CC(C)[C@@H]1COc2ccccc2C(=O)N[C@H](C(=O)NCCCCN2CCCC2)CCC(=O)NC2(CCCCC2)C(=O)N1. The van der Waals surface area contributed by atoms with Gasteiger partial charge in [0.05, 0.1) is 11.6 Å². The number of rotatable bonds is 7. The largest absolute Gasteiger partial charge is 0.491 e. The van der Waals surface area contributed by atoms with Crippen LogP contribution in [0, 0.1) is 5.92 Å². The van der Waals surface area contributed by atoms with E-state index in [1.165, 1.54) is 12.8 Å². The van der Waals surface area contributed by atoms with Crippen molar-refractivity contribution in [1.29, 1.82) is 0 Å². The lowest BCUT2D eigenvalue weighted by molar-refractivity contribution is -0.136. The topological polar surface area (TPSA) is 129 Å². The van der Waals surface area contributed by atoms with Gasteiger partial charge in [-0.15, -0.1) is 0 Å². The van der Waals surface area contributed by atoms with E-state index in [0.717, 1.165) is 51.7 Å². The second-order valence-electron chi connectivity index (χ2n) is 12.4. The van der Waals surface area contributed by atoms with Crippen molar-refractivity contribution in [2.75, 3.05) is 32.8 Å². The Kier molecular flexibility index (Phi) is 11.6. The van der Waals surface area contributed by atoms with Gasteiger partial charge >= 0.3 is 0 Å². The fraction of sp³-hybridized carbons (Fsp3) is 0.688. The number of hydrogen-bond donors (Lipinski definition) is 4. The van der Waals surface area contributed by atoms with E-state index in [-0.39, 0.29) is 49.1 Å². The molecule has 4 amide bonds. The molecule has 2 heterocycles. The van der Waals surface area contributed by atoms with Crippen LogP contribution in [0.4, 0.5) is 0 Å². The molecule has 1 saturated carbocycles. The Bertz CT molecular complexity index is 1080. The van der Waals surface area contributed by atoms with E-state index in [0.29, 0.717) is 30.7 Å². The number of amides is 4. The van der Waals surface area contributed by atoms with Crippen molar-refractivity contribution in [1.82, 2.24) is 26.2 Å². The zero-order chi connectivity index (χ0) is 30.0. The van der Waals surface area contributed by atoms with Gasteiger partial charge in [0.15, 0.2) is 0 Å².